The molecule has 3 rings (SSSR count). The van der Waals surface area contributed by atoms with E-state index in [1.54, 1.807) is 49.6 Å². The number of hydrogen-bond acceptors (Lipinski definition) is 4. The Labute approximate surface area is 133 Å². The Morgan fingerprint density at radius 1 is 1.23 bits per heavy atom. The van der Waals surface area contributed by atoms with Crippen LogP contribution in [-0.2, 0) is 0 Å². The molecule has 0 saturated carbocycles. The second-order valence-corrected chi connectivity index (χ2v) is 5.06. The lowest BCUT2D eigenvalue weighted by Gasteiger charge is -2.07. The predicted molar refractivity (Wildman–Crippen MR) is 84.1 cm³/mol. The van der Waals surface area contributed by atoms with E-state index in [1.165, 1.54) is 0 Å². The van der Waals surface area contributed by atoms with Gasteiger partial charge >= 0.3 is 0 Å². The average Bonchev–Trinajstić information content (AvgIpc) is 2.99. The number of allylic oxidation sites excluding steroid dienone is 1. The predicted octanol–water partition coefficient (Wildman–Crippen LogP) is 4.14. The fourth-order valence-corrected chi connectivity index (χ4v) is 2.32. The first kappa shape index (κ1) is 14.3. The van der Waals surface area contributed by atoms with Gasteiger partial charge in [0.15, 0.2) is 11.5 Å². The number of halogens is 1. The Kier molecular flexibility index (Phi) is 3.90. The summed E-state index contributed by atoms with van der Waals surface area (Å²) in [6.45, 7) is 0.188. The zero-order valence-electron chi connectivity index (χ0n) is 11.8. The highest BCUT2D eigenvalue weighted by Crippen LogP contribution is 2.39. The number of rotatable bonds is 3. The molecule has 22 heavy (non-hydrogen) atoms. The van der Waals surface area contributed by atoms with Crippen LogP contribution in [-0.4, -0.2) is 13.9 Å². The molecule has 1 aliphatic heterocycles. The summed E-state index contributed by atoms with van der Waals surface area (Å²) in [7, 11) is 1.57. The molecule has 4 nitrogen and oxygen atoms in total. The number of methoxy groups -OCH3 is 1. The Bertz CT molecular complexity index is 776. The molecule has 2 aromatic rings. The Balaban J connectivity index is 2.06. The van der Waals surface area contributed by atoms with Crippen molar-refractivity contribution in [2.45, 2.75) is 0 Å². The van der Waals surface area contributed by atoms with Crippen molar-refractivity contribution in [2.75, 3.05) is 13.9 Å². The molecule has 1 heterocycles. The maximum Gasteiger partial charge on any atom is 0.231 e. The molecule has 0 N–H and O–H groups in total. The normalized spacial score (nSPS) is 12.9. The van der Waals surface area contributed by atoms with Gasteiger partial charge in [0.25, 0.3) is 0 Å². The molecule has 0 atom stereocenters. The topological polar surface area (TPSA) is 51.5 Å². The van der Waals surface area contributed by atoms with Gasteiger partial charge in [-0.15, -0.1) is 0 Å². The lowest BCUT2D eigenvalue weighted by atomic mass is 10.0. The molecule has 0 unspecified atom stereocenters. The lowest BCUT2D eigenvalue weighted by molar-refractivity contribution is 0.174. The van der Waals surface area contributed by atoms with E-state index in [2.05, 4.69) is 6.07 Å². The second-order valence-electron chi connectivity index (χ2n) is 4.62. The molecular formula is C17H12ClNO3. The molecule has 5 heteroatoms. The van der Waals surface area contributed by atoms with Crippen LogP contribution >= 0.6 is 11.6 Å². The molecule has 0 aliphatic carbocycles. The molecule has 0 fully saturated rings. The van der Waals surface area contributed by atoms with Crippen LogP contribution in [0.5, 0.6) is 17.2 Å². The first-order valence-electron chi connectivity index (χ1n) is 6.56. The van der Waals surface area contributed by atoms with Gasteiger partial charge in [0.2, 0.25) is 6.79 Å². The van der Waals surface area contributed by atoms with E-state index in [9.17, 15) is 5.26 Å². The van der Waals surface area contributed by atoms with Crippen LogP contribution < -0.4 is 14.2 Å². The van der Waals surface area contributed by atoms with E-state index in [-0.39, 0.29) is 6.79 Å². The maximum absolute atomic E-state index is 9.42. The van der Waals surface area contributed by atoms with Crippen molar-refractivity contribution in [1.82, 2.24) is 0 Å². The van der Waals surface area contributed by atoms with Crippen molar-refractivity contribution < 1.29 is 14.2 Å². The molecule has 0 spiro atoms. The standard InChI is InChI=1S/C17H12ClNO3/c1-20-15-8-17-16(21-10-22-17)7-12(15)6-13(9-19)11-2-4-14(18)5-3-11/h2-8H,10H2,1H3/b13-6+. The summed E-state index contributed by atoms with van der Waals surface area (Å²) in [5.41, 5.74) is 2.04. The van der Waals surface area contributed by atoms with Crippen molar-refractivity contribution >= 4 is 23.3 Å². The number of ether oxygens (including phenoxy) is 3. The average molecular weight is 314 g/mol. The van der Waals surface area contributed by atoms with Crippen LogP contribution in [0.3, 0.4) is 0 Å². The van der Waals surface area contributed by atoms with Crippen molar-refractivity contribution in [3.8, 4) is 23.3 Å². The molecule has 1 aliphatic rings. The minimum atomic E-state index is 0.188. The van der Waals surface area contributed by atoms with E-state index in [1.807, 2.05) is 0 Å². The summed E-state index contributed by atoms with van der Waals surface area (Å²) in [5, 5.41) is 10.0. The van der Waals surface area contributed by atoms with Gasteiger partial charge in [-0.1, -0.05) is 23.7 Å². The number of nitrogens with zero attached hydrogens (tertiary/aromatic N) is 1. The third kappa shape index (κ3) is 2.72. The third-order valence-corrected chi connectivity index (χ3v) is 3.55. The summed E-state index contributed by atoms with van der Waals surface area (Å²) in [6, 6.07) is 12.9. The van der Waals surface area contributed by atoms with E-state index < -0.39 is 0 Å². The second kappa shape index (κ2) is 6.00. The van der Waals surface area contributed by atoms with Crippen LogP contribution in [0.1, 0.15) is 11.1 Å². The molecule has 0 aromatic heterocycles. The molecule has 110 valence electrons. The molecule has 2 aromatic carbocycles. The van der Waals surface area contributed by atoms with Gasteiger partial charge in [-0.2, -0.15) is 5.26 Å². The van der Waals surface area contributed by atoms with E-state index >= 15 is 0 Å². The van der Waals surface area contributed by atoms with Gasteiger partial charge in [-0.05, 0) is 29.8 Å². The number of hydrogen-bond donors (Lipinski definition) is 0. The first-order chi connectivity index (χ1) is 10.7. The zero-order chi connectivity index (χ0) is 15.5. The zero-order valence-corrected chi connectivity index (χ0v) is 12.6. The van der Waals surface area contributed by atoms with E-state index in [0.717, 1.165) is 11.1 Å². The van der Waals surface area contributed by atoms with Crippen LogP contribution in [0.2, 0.25) is 5.02 Å². The summed E-state index contributed by atoms with van der Waals surface area (Å²) >= 11 is 5.88. The van der Waals surface area contributed by atoms with Crippen molar-refractivity contribution in [1.29, 1.82) is 5.26 Å². The number of fused-ring (bicyclic) bond motifs is 1. The summed E-state index contributed by atoms with van der Waals surface area (Å²) in [4.78, 5) is 0. The van der Waals surface area contributed by atoms with Gasteiger partial charge in [0.1, 0.15) is 5.75 Å². The van der Waals surface area contributed by atoms with E-state index in [4.69, 9.17) is 25.8 Å². The smallest absolute Gasteiger partial charge is 0.231 e. The summed E-state index contributed by atoms with van der Waals surface area (Å²) in [6.07, 6.45) is 1.75. The van der Waals surface area contributed by atoms with Gasteiger partial charge in [-0.25, -0.2) is 0 Å². The fraction of sp³-hybridized carbons (Fsp3) is 0.118. The van der Waals surface area contributed by atoms with Crippen molar-refractivity contribution in [3.05, 3.63) is 52.5 Å². The minimum absolute atomic E-state index is 0.188. The highest BCUT2D eigenvalue weighted by atomic mass is 35.5. The highest BCUT2D eigenvalue weighted by Gasteiger charge is 2.17. The molecule has 0 saturated heterocycles. The van der Waals surface area contributed by atoms with E-state index in [0.29, 0.717) is 27.8 Å². The van der Waals surface area contributed by atoms with Crippen LogP contribution in [0.15, 0.2) is 36.4 Å². The summed E-state index contributed by atoms with van der Waals surface area (Å²) in [5.74, 6) is 1.89. The fourth-order valence-electron chi connectivity index (χ4n) is 2.19. The van der Waals surface area contributed by atoms with Crippen molar-refractivity contribution in [3.63, 3.8) is 0 Å². The van der Waals surface area contributed by atoms with Crippen molar-refractivity contribution in [2.24, 2.45) is 0 Å². The van der Waals surface area contributed by atoms with Gasteiger partial charge in [-0.3, -0.25) is 0 Å². The van der Waals surface area contributed by atoms with Crippen LogP contribution in [0, 0.1) is 11.3 Å². The molecule has 0 bridgehead atoms. The highest BCUT2D eigenvalue weighted by molar-refractivity contribution is 6.30. The monoisotopic (exact) mass is 313 g/mol. The Morgan fingerprint density at radius 3 is 2.55 bits per heavy atom. The van der Waals surface area contributed by atoms with Gasteiger partial charge in [0.05, 0.1) is 18.8 Å². The first-order valence-corrected chi connectivity index (χ1v) is 6.94. The maximum atomic E-state index is 9.42. The quantitative estimate of drug-likeness (QED) is 0.631. The Hall–Kier alpha value is -2.64. The molecule has 0 amide bonds. The SMILES string of the molecule is COc1cc2c(cc1/C=C(\C#N)c1ccc(Cl)cc1)OCO2. The molecule has 0 radical (unpaired) electrons. The Morgan fingerprint density at radius 2 is 1.91 bits per heavy atom. The van der Waals surface area contributed by atoms with Crippen LogP contribution in [0.4, 0.5) is 0 Å². The third-order valence-electron chi connectivity index (χ3n) is 3.30. The molecular weight excluding hydrogens is 302 g/mol. The van der Waals surface area contributed by atoms with Gasteiger partial charge < -0.3 is 14.2 Å². The lowest BCUT2D eigenvalue weighted by Crippen LogP contribution is -1.92. The van der Waals surface area contributed by atoms with Crippen LogP contribution in [0.25, 0.3) is 11.6 Å². The number of benzene rings is 2. The van der Waals surface area contributed by atoms with Gasteiger partial charge in [0, 0.05) is 16.7 Å². The summed E-state index contributed by atoms with van der Waals surface area (Å²) < 4.78 is 16.1. The largest absolute Gasteiger partial charge is 0.496 e. The number of nitriles is 1. The minimum Gasteiger partial charge on any atom is -0.496 e.